The van der Waals surface area contributed by atoms with Gasteiger partial charge in [-0.1, -0.05) is 48.0 Å². The maximum absolute atomic E-state index is 13.8. The molecule has 0 aliphatic carbocycles. The second-order valence-corrected chi connectivity index (χ2v) is 10.4. The zero-order valence-electron chi connectivity index (χ0n) is 21.9. The van der Waals surface area contributed by atoms with Gasteiger partial charge in [0.1, 0.15) is 6.04 Å². The predicted molar refractivity (Wildman–Crippen MR) is 141 cm³/mol. The van der Waals surface area contributed by atoms with Crippen LogP contribution in [0.15, 0.2) is 59.5 Å². The highest BCUT2D eigenvalue weighted by molar-refractivity contribution is 7.89. The molecule has 10 nitrogen and oxygen atoms in total. The van der Waals surface area contributed by atoms with Crippen molar-refractivity contribution in [3.05, 3.63) is 65.7 Å². The van der Waals surface area contributed by atoms with E-state index in [1.807, 2.05) is 13.0 Å². The molecule has 1 fully saturated rings. The molecular formula is C27H38N2O8S. The van der Waals surface area contributed by atoms with Crippen molar-refractivity contribution in [2.24, 2.45) is 0 Å². The van der Waals surface area contributed by atoms with Gasteiger partial charge in [0, 0.05) is 13.1 Å². The molecule has 0 bridgehead atoms. The molecule has 1 saturated heterocycles. The van der Waals surface area contributed by atoms with Crippen LogP contribution in [0.2, 0.25) is 0 Å². The van der Waals surface area contributed by atoms with Gasteiger partial charge in [-0.25, -0.2) is 8.42 Å². The second-order valence-electron chi connectivity index (χ2n) is 8.67. The van der Waals surface area contributed by atoms with Crippen molar-refractivity contribution in [1.82, 2.24) is 9.62 Å². The van der Waals surface area contributed by atoms with Crippen molar-refractivity contribution in [2.45, 2.75) is 17.9 Å². The van der Waals surface area contributed by atoms with E-state index in [1.165, 1.54) is 12.1 Å². The summed E-state index contributed by atoms with van der Waals surface area (Å²) >= 11 is 0. The topological polar surface area (TPSA) is 113 Å². The summed E-state index contributed by atoms with van der Waals surface area (Å²) in [7, 11) is -3.97. The van der Waals surface area contributed by atoms with E-state index in [0.717, 1.165) is 5.56 Å². The average Bonchev–Trinajstić information content (AvgIpc) is 2.92. The molecular weight excluding hydrogens is 512 g/mol. The van der Waals surface area contributed by atoms with Crippen molar-refractivity contribution in [3.63, 3.8) is 0 Å². The Hall–Kier alpha value is -2.38. The fourth-order valence-electron chi connectivity index (χ4n) is 3.69. The highest BCUT2D eigenvalue weighted by Gasteiger charge is 2.30. The molecule has 2 aromatic rings. The third-order valence-electron chi connectivity index (χ3n) is 5.79. The van der Waals surface area contributed by atoms with Crippen molar-refractivity contribution >= 4 is 15.9 Å². The van der Waals surface area contributed by atoms with Gasteiger partial charge in [-0.3, -0.25) is 4.79 Å². The molecule has 0 saturated carbocycles. The Bertz CT molecular complexity index is 1030. The fraction of sp³-hybridized carbons (Fsp3) is 0.519. The monoisotopic (exact) mass is 550 g/mol. The molecule has 3 rings (SSSR count). The quantitative estimate of drug-likeness (QED) is 0.601. The molecule has 1 amide bonds. The number of ether oxygens (including phenoxy) is 5. The third-order valence-corrected chi connectivity index (χ3v) is 7.23. The molecule has 38 heavy (non-hydrogen) atoms. The largest absolute Gasteiger partial charge is 0.377 e. The summed E-state index contributed by atoms with van der Waals surface area (Å²) < 4.78 is 56.8. The highest BCUT2D eigenvalue weighted by atomic mass is 32.2. The number of sulfonamides is 1. The van der Waals surface area contributed by atoms with E-state index >= 15 is 0 Å². The van der Waals surface area contributed by atoms with Crippen LogP contribution in [-0.2, 0) is 38.5 Å². The van der Waals surface area contributed by atoms with Gasteiger partial charge in [0.05, 0.1) is 71.0 Å². The molecule has 0 radical (unpaired) electrons. The first-order valence-corrected chi connectivity index (χ1v) is 14.3. The standard InChI is InChI=1S/C27H38N2O8S/c1-23-7-9-25(10-8-23)38(31,32)28-26(24-5-3-2-4-6-24)27(30)29-11-13-33-15-17-35-19-21-37-22-20-36-18-16-34-14-12-29/h2-10,26,28H,11-22H2,1H3/t26-/m0/s1. The van der Waals surface area contributed by atoms with Crippen LogP contribution in [-0.4, -0.2) is 98.4 Å². The van der Waals surface area contributed by atoms with E-state index in [-0.39, 0.29) is 31.2 Å². The Balaban J connectivity index is 1.74. The number of hydrogen-bond donors (Lipinski definition) is 1. The summed E-state index contributed by atoms with van der Waals surface area (Å²) in [4.78, 5) is 15.5. The Labute approximate surface area is 225 Å². The van der Waals surface area contributed by atoms with Crippen LogP contribution in [0.4, 0.5) is 0 Å². The Morgan fingerprint density at radius 2 is 1.16 bits per heavy atom. The number of amides is 1. The van der Waals surface area contributed by atoms with Gasteiger partial charge in [0.15, 0.2) is 0 Å². The summed E-state index contributed by atoms with van der Waals surface area (Å²) in [5.74, 6) is -0.391. The van der Waals surface area contributed by atoms with Gasteiger partial charge in [0.25, 0.3) is 0 Å². The average molecular weight is 551 g/mol. The lowest BCUT2D eigenvalue weighted by Gasteiger charge is -2.28. The SMILES string of the molecule is Cc1ccc(S(=O)(=O)N[C@H](C(=O)N2CCOCCOCCOCCOCCOCC2)c2ccccc2)cc1. The number of carbonyl (C=O) groups is 1. The number of nitrogens with one attached hydrogen (secondary N) is 1. The van der Waals surface area contributed by atoms with Crippen molar-refractivity contribution in [3.8, 4) is 0 Å². The highest BCUT2D eigenvalue weighted by Crippen LogP contribution is 2.20. The van der Waals surface area contributed by atoms with Crippen LogP contribution in [0.25, 0.3) is 0 Å². The molecule has 1 atom stereocenters. The minimum Gasteiger partial charge on any atom is -0.377 e. The molecule has 1 aliphatic heterocycles. The van der Waals surface area contributed by atoms with E-state index in [2.05, 4.69) is 4.72 Å². The lowest BCUT2D eigenvalue weighted by Crippen LogP contribution is -2.45. The molecule has 1 heterocycles. The van der Waals surface area contributed by atoms with Gasteiger partial charge in [-0.15, -0.1) is 0 Å². The number of carbonyl (C=O) groups excluding carboxylic acids is 1. The molecule has 0 aromatic heterocycles. The maximum Gasteiger partial charge on any atom is 0.245 e. The van der Waals surface area contributed by atoms with Crippen LogP contribution in [0.5, 0.6) is 0 Å². The lowest BCUT2D eigenvalue weighted by atomic mass is 10.1. The summed E-state index contributed by atoms with van der Waals surface area (Å²) in [5, 5.41) is 0. The van der Waals surface area contributed by atoms with E-state index in [4.69, 9.17) is 23.7 Å². The van der Waals surface area contributed by atoms with Gasteiger partial charge in [-0.2, -0.15) is 4.72 Å². The summed E-state index contributed by atoms with van der Waals surface area (Å²) in [5.41, 5.74) is 1.48. The van der Waals surface area contributed by atoms with Crippen molar-refractivity contribution in [1.29, 1.82) is 0 Å². The van der Waals surface area contributed by atoms with Gasteiger partial charge in [-0.05, 0) is 24.6 Å². The van der Waals surface area contributed by atoms with E-state index < -0.39 is 22.0 Å². The van der Waals surface area contributed by atoms with Crippen LogP contribution in [0.1, 0.15) is 17.2 Å². The number of hydrogen-bond acceptors (Lipinski definition) is 8. The van der Waals surface area contributed by atoms with Gasteiger partial charge in [0.2, 0.25) is 15.9 Å². The molecule has 2 aromatic carbocycles. The minimum absolute atomic E-state index is 0.0913. The fourth-order valence-corrected chi connectivity index (χ4v) is 4.87. The van der Waals surface area contributed by atoms with Gasteiger partial charge >= 0.3 is 0 Å². The van der Waals surface area contributed by atoms with Crippen molar-refractivity contribution in [2.75, 3.05) is 79.2 Å². The first-order valence-electron chi connectivity index (χ1n) is 12.8. The number of aryl methyl sites for hydroxylation is 1. The predicted octanol–water partition coefficient (Wildman–Crippen LogP) is 1.94. The van der Waals surface area contributed by atoms with Crippen LogP contribution < -0.4 is 4.72 Å². The molecule has 1 aliphatic rings. The normalized spacial score (nSPS) is 18.7. The molecule has 0 spiro atoms. The zero-order chi connectivity index (χ0) is 27.1. The Morgan fingerprint density at radius 1 is 0.711 bits per heavy atom. The summed E-state index contributed by atoms with van der Waals surface area (Å²) in [6.07, 6.45) is 0. The summed E-state index contributed by atoms with van der Waals surface area (Å²) in [6.45, 7) is 6.32. The Kier molecular flexibility index (Phi) is 13.1. The first-order chi connectivity index (χ1) is 18.5. The molecule has 0 unspecified atom stereocenters. The van der Waals surface area contributed by atoms with Crippen LogP contribution in [0.3, 0.4) is 0 Å². The smallest absolute Gasteiger partial charge is 0.245 e. The minimum atomic E-state index is -3.97. The maximum atomic E-state index is 13.8. The third kappa shape index (κ3) is 10.4. The molecule has 210 valence electrons. The number of benzene rings is 2. The van der Waals surface area contributed by atoms with Crippen LogP contribution in [0, 0.1) is 6.92 Å². The zero-order valence-corrected chi connectivity index (χ0v) is 22.7. The van der Waals surface area contributed by atoms with E-state index in [1.54, 1.807) is 41.3 Å². The summed E-state index contributed by atoms with van der Waals surface area (Å²) in [6, 6.07) is 14.2. The number of rotatable bonds is 5. The molecule has 11 heteroatoms. The van der Waals surface area contributed by atoms with Crippen LogP contribution >= 0.6 is 0 Å². The number of nitrogens with zero attached hydrogens (tertiary/aromatic N) is 1. The lowest BCUT2D eigenvalue weighted by molar-refractivity contribution is -0.135. The van der Waals surface area contributed by atoms with E-state index in [9.17, 15) is 13.2 Å². The second kappa shape index (κ2) is 16.6. The van der Waals surface area contributed by atoms with E-state index in [0.29, 0.717) is 58.4 Å². The van der Waals surface area contributed by atoms with Gasteiger partial charge < -0.3 is 28.6 Å². The Morgan fingerprint density at radius 3 is 1.63 bits per heavy atom. The van der Waals surface area contributed by atoms with Crippen molar-refractivity contribution < 1.29 is 36.9 Å². The molecule has 1 N–H and O–H groups in total. The first kappa shape index (κ1) is 30.2.